The standard InChI is InChI=1S/C15H14BrNO4/c1-10(18)14-8-13(17(19)20)6-7-15(14)21-9-11-2-4-12(16)5-3-11/h2-8,10,18H,9H2,1H3. The summed E-state index contributed by atoms with van der Waals surface area (Å²) in [5.74, 6) is 0.443. The van der Waals surface area contributed by atoms with Gasteiger partial charge in [0.1, 0.15) is 12.4 Å². The van der Waals surface area contributed by atoms with Crippen molar-refractivity contribution in [1.82, 2.24) is 0 Å². The molecule has 0 saturated carbocycles. The molecule has 1 atom stereocenters. The molecule has 0 fully saturated rings. The minimum Gasteiger partial charge on any atom is -0.489 e. The van der Waals surface area contributed by atoms with E-state index in [1.807, 2.05) is 24.3 Å². The lowest BCUT2D eigenvalue weighted by Crippen LogP contribution is -2.02. The van der Waals surface area contributed by atoms with Crippen LogP contribution < -0.4 is 4.74 Å². The molecular formula is C15H14BrNO4. The van der Waals surface area contributed by atoms with Crippen molar-refractivity contribution in [2.24, 2.45) is 0 Å². The van der Waals surface area contributed by atoms with Crippen LogP contribution in [0.15, 0.2) is 46.9 Å². The summed E-state index contributed by atoms with van der Waals surface area (Å²) in [5.41, 5.74) is 1.30. The maximum atomic E-state index is 10.8. The molecule has 1 N–H and O–H groups in total. The van der Waals surface area contributed by atoms with E-state index < -0.39 is 11.0 Å². The van der Waals surface area contributed by atoms with Gasteiger partial charge in [0.2, 0.25) is 0 Å². The van der Waals surface area contributed by atoms with Crippen LogP contribution >= 0.6 is 15.9 Å². The maximum Gasteiger partial charge on any atom is 0.270 e. The predicted molar refractivity (Wildman–Crippen MR) is 82.2 cm³/mol. The maximum absolute atomic E-state index is 10.8. The van der Waals surface area contributed by atoms with Crippen molar-refractivity contribution < 1.29 is 14.8 Å². The summed E-state index contributed by atoms with van der Waals surface area (Å²) in [6.45, 7) is 1.87. The Morgan fingerprint density at radius 2 is 1.95 bits per heavy atom. The Hall–Kier alpha value is -1.92. The number of aliphatic hydroxyl groups is 1. The van der Waals surface area contributed by atoms with Crippen LogP contribution in [-0.2, 0) is 6.61 Å². The first-order valence-electron chi connectivity index (χ1n) is 6.31. The van der Waals surface area contributed by atoms with Gasteiger partial charge in [-0.3, -0.25) is 10.1 Å². The van der Waals surface area contributed by atoms with E-state index in [0.717, 1.165) is 10.0 Å². The third-order valence-electron chi connectivity index (χ3n) is 2.96. The van der Waals surface area contributed by atoms with Crippen LogP contribution in [0, 0.1) is 10.1 Å². The molecule has 0 aliphatic carbocycles. The average Bonchev–Trinajstić information content (AvgIpc) is 2.46. The van der Waals surface area contributed by atoms with Gasteiger partial charge < -0.3 is 9.84 Å². The molecule has 5 nitrogen and oxygen atoms in total. The van der Waals surface area contributed by atoms with E-state index in [-0.39, 0.29) is 5.69 Å². The molecule has 21 heavy (non-hydrogen) atoms. The highest BCUT2D eigenvalue weighted by Crippen LogP contribution is 2.30. The summed E-state index contributed by atoms with van der Waals surface area (Å²) >= 11 is 3.36. The molecule has 2 aromatic carbocycles. The number of hydrogen-bond donors (Lipinski definition) is 1. The highest BCUT2D eigenvalue weighted by atomic mass is 79.9. The number of non-ortho nitro benzene ring substituents is 1. The zero-order chi connectivity index (χ0) is 15.4. The molecule has 1 unspecified atom stereocenters. The lowest BCUT2D eigenvalue weighted by Gasteiger charge is -2.13. The van der Waals surface area contributed by atoms with Crippen molar-refractivity contribution in [3.05, 3.63) is 68.2 Å². The summed E-state index contributed by atoms with van der Waals surface area (Å²) in [6.07, 6.45) is -0.843. The van der Waals surface area contributed by atoms with Crippen LogP contribution in [0.4, 0.5) is 5.69 Å². The number of benzene rings is 2. The molecule has 0 aliphatic heterocycles. The normalized spacial score (nSPS) is 12.0. The van der Waals surface area contributed by atoms with Crippen molar-refractivity contribution in [1.29, 1.82) is 0 Å². The molecule has 0 saturated heterocycles. The minimum atomic E-state index is -0.843. The third-order valence-corrected chi connectivity index (χ3v) is 3.49. The molecule has 0 spiro atoms. The van der Waals surface area contributed by atoms with E-state index in [9.17, 15) is 15.2 Å². The van der Waals surface area contributed by atoms with Crippen molar-refractivity contribution >= 4 is 21.6 Å². The largest absolute Gasteiger partial charge is 0.489 e. The number of rotatable bonds is 5. The summed E-state index contributed by atoms with van der Waals surface area (Å²) in [7, 11) is 0. The van der Waals surface area contributed by atoms with E-state index in [1.54, 1.807) is 6.92 Å². The second-order valence-electron chi connectivity index (χ2n) is 4.57. The van der Waals surface area contributed by atoms with Crippen molar-refractivity contribution in [3.63, 3.8) is 0 Å². The van der Waals surface area contributed by atoms with E-state index >= 15 is 0 Å². The van der Waals surface area contributed by atoms with Crippen molar-refractivity contribution in [2.75, 3.05) is 0 Å². The molecule has 6 heteroatoms. The average molecular weight is 352 g/mol. The summed E-state index contributed by atoms with van der Waals surface area (Å²) < 4.78 is 6.64. The quantitative estimate of drug-likeness (QED) is 0.652. The van der Waals surface area contributed by atoms with Crippen LogP contribution in [-0.4, -0.2) is 10.0 Å². The van der Waals surface area contributed by atoms with Gasteiger partial charge in [-0.2, -0.15) is 0 Å². The van der Waals surface area contributed by atoms with Gasteiger partial charge in [-0.15, -0.1) is 0 Å². The van der Waals surface area contributed by atoms with Crippen LogP contribution in [0.3, 0.4) is 0 Å². The van der Waals surface area contributed by atoms with Gasteiger partial charge in [0.25, 0.3) is 5.69 Å². The predicted octanol–water partition coefficient (Wildman–Crippen LogP) is 3.99. The first-order valence-corrected chi connectivity index (χ1v) is 7.10. The topological polar surface area (TPSA) is 72.6 Å². The molecule has 110 valence electrons. The second kappa shape index (κ2) is 6.69. The van der Waals surface area contributed by atoms with Crippen LogP contribution in [0.1, 0.15) is 24.2 Å². The number of nitrogens with zero attached hydrogens (tertiary/aromatic N) is 1. The fraction of sp³-hybridized carbons (Fsp3) is 0.200. The minimum absolute atomic E-state index is 0.0677. The zero-order valence-corrected chi connectivity index (χ0v) is 12.9. The highest BCUT2D eigenvalue weighted by Gasteiger charge is 2.15. The summed E-state index contributed by atoms with van der Waals surface area (Å²) in [4.78, 5) is 10.3. The van der Waals surface area contributed by atoms with Gasteiger partial charge in [-0.1, -0.05) is 28.1 Å². The van der Waals surface area contributed by atoms with Crippen molar-refractivity contribution in [2.45, 2.75) is 19.6 Å². The fourth-order valence-electron chi connectivity index (χ4n) is 1.85. The highest BCUT2D eigenvalue weighted by molar-refractivity contribution is 9.10. The van der Waals surface area contributed by atoms with E-state index in [0.29, 0.717) is 17.9 Å². The number of nitro benzene ring substituents is 1. The SMILES string of the molecule is CC(O)c1cc([N+](=O)[O-])ccc1OCc1ccc(Br)cc1. The van der Waals surface area contributed by atoms with Crippen LogP contribution in [0.25, 0.3) is 0 Å². The van der Waals surface area contributed by atoms with Gasteiger partial charge in [0.05, 0.1) is 11.0 Å². The molecule has 2 aromatic rings. The number of aliphatic hydroxyl groups excluding tert-OH is 1. The van der Waals surface area contributed by atoms with E-state index in [2.05, 4.69) is 15.9 Å². The molecule has 2 rings (SSSR count). The van der Waals surface area contributed by atoms with Gasteiger partial charge in [0.15, 0.2) is 0 Å². The number of ether oxygens (including phenoxy) is 1. The monoisotopic (exact) mass is 351 g/mol. The smallest absolute Gasteiger partial charge is 0.270 e. The first-order chi connectivity index (χ1) is 9.97. The van der Waals surface area contributed by atoms with Gasteiger partial charge in [-0.05, 0) is 30.7 Å². The molecule has 0 heterocycles. The number of halogens is 1. The summed E-state index contributed by atoms with van der Waals surface area (Å²) in [5, 5.41) is 20.5. The zero-order valence-electron chi connectivity index (χ0n) is 11.3. The Labute approximate surface area is 130 Å². The lowest BCUT2D eigenvalue weighted by atomic mass is 10.1. The molecule has 0 bridgehead atoms. The Morgan fingerprint density at radius 3 is 2.52 bits per heavy atom. The van der Waals surface area contributed by atoms with Crippen molar-refractivity contribution in [3.8, 4) is 5.75 Å². The Bertz CT molecular complexity index is 641. The molecule has 0 aromatic heterocycles. The van der Waals surface area contributed by atoms with E-state index in [4.69, 9.17) is 4.74 Å². The van der Waals surface area contributed by atoms with Gasteiger partial charge >= 0.3 is 0 Å². The number of hydrogen-bond acceptors (Lipinski definition) is 4. The Morgan fingerprint density at radius 1 is 1.29 bits per heavy atom. The van der Waals surface area contributed by atoms with Gasteiger partial charge in [0, 0.05) is 22.2 Å². The third kappa shape index (κ3) is 4.03. The summed E-state index contributed by atoms with van der Waals surface area (Å²) in [6, 6.07) is 11.9. The Balaban J connectivity index is 2.19. The first kappa shape index (κ1) is 15.5. The molecule has 0 amide bonds. The fourth-order valence-corrected chi connectivity index (χ4v) is 2.11. The van der Waals surface area contributed by atoms with Crippen LogP contribution in [0.2, 0.25) is 0 Å². The lowest BCUT2D eigenvalue weighted by molar-refractivity contribution is -0.385. The molecule has 0 aliphatic rings. The second-order valence-corrected chi connectivity index (χ2v) is 5.49. The number of nitro groups is 1. The molecule has 0 radical (unpaired) electrons. The van der Waals surface area contributed by atoms with E-state index in [1.165, 1.54) is 18.2 Å². The van der Waals surface area contributed by atoms with Crippen LogP contribution in [0.5, 0.6) is 5.75 Å². The Kier molecular flexibility index (Phi) is 4.93. The molecular weight excluding hydrogens is 338 g/mol. The van der Waals surface area contributed by atoms with Gasteiger partial charge in [-0.25, -0.2) is 0 Å².